The second-order valence-electron chi connectivity index (χ2n) is 9.50. The Hall–Kier alpha value is -2.52. The zero-order chi connectivity index (χ0) is 26.7. The number of nitrogens with one attached hydrogen (secondary N) is 1. The summed E-state index contributed by atoms with van der Waals surface area (Å²) < 4.78 is 56.8. The molecule has 0 bridgehead atoms. The molecule has 1 heterocycles. The lowest BCUT2D eigenvalue weighted by molar-refractivity contribution is -0.118. The lowest BCUT2D eigenvalue weighted by Crippen LogP contribution is -2.33. The number of likely N-dealkylation sites (tertiary alicyclic amines) is 1. The van der Waals surface area contributed by atoms with E-state index in [4.69, 9.17) is 11.6 Å². The fourth-order valence-corrected chi connectivity index (χ4v) is 5.58. The number of carbonyl (C=O) groups is 1. The first kappa shape index (κ1) is 27.5. The van der Waals surface area contributed by atoms with E-state index in [-0.39, 0.29) is 5.56 Å². The van der Waals surface area contributed by atoms with Gasteiger partial charge in [-0.2, -0.15) is 0 Å². The molecule has 1 saturated heterocycles. The van der Waals surface area contributed by atoms with Gasteiger partial charge < -0.3 is 9.87 Å². The predicted molar refractivity (Wildman–Crippen MR) is 140 cm³/mol. The van der Waals surface area contributed by atoms with Gasteiger partial charge in [-0.15, -0.1) is 0 Å². The lowest BCUT2D eigenvalue weighted by Gasteiger charge is -2.32. The standard InChI is InChI=1S/C28H28ClF3N2O2S/c1-17(2)28(35)33-27-24(31)15-23(30)25(26(27)32)19-11-13-34(14-12-19)16-18-3-7-21(8-4-18)37(36)22-9-5-20(29)6-10-22/h3-10,15,17,19H,11-14,16H2,1-2H3,(H,33,35). The molecule has 0 saturated carbocycles. The average molecular weight is 549 g/mol. The highest BCUT2D eigenvalue weighted by atomic mass is 35.5. The van der Waals surface area contributed by atoms with Gasteiger partial charge in [-0.1, -0.05) is 37.6 Å². The monoisotopic (exact) mass is 548 g/mol. The van der Waals surface area contributed by atoms with Crippen LogP contribution in [0.2, 0.25) is 5.02 Å². The van der Waals surface area contributed by atoms with Gasteiger partial charge in [0.2, 0.25) is 5.91 Å². The third-order valence-corrected chi connectivity index (χ3v) is 8.20. The number of anilines is 1. The number of nitrogens with zero attached hydrogens (tertiary/aromatic N) is 1. The molecule has 3 aromatic carbocycles. The highest BCUT2D eigenvalue weighted by molar-refractivity contribution is 7.91. The van der Waals surface area contributed by atoms with Crippen molar-refractivity contribution in [2.75, 3.05) is 18.4 Å². The summed E-state index contributed by atoms with van der Waals surface area (Å²) in [6.45, 7) is 5.07. The van der Waals surface area contributed by atoms with Crippen LogP contribution in [0, 0.1) is 23.4 Å². The smallest absolute Gasteiger partial charge is 0.227 e. The maximum Gasteiger partial charge on any atom is 0.227 e. The molecule has 0 aliphatic carbocycles. The zero-order valence-corrected chi connectivity index (χ0v) is 22.1. The Bertz CT molecular complexity index is 1250. The van der Waals surface area contributed by atoms with Gasteiger partial charge in [0.1, 0.15) is 11.5 Å². The fourth-order valence-electron chi connectivity index (χ4n) is 4.41. The number of hydrogen-bond acceptors (Lipinski definition) is 3. The summed E-state index contributed by atoms with van der Waals surface area (Å²) in [6.07, 6.45) is 0.991. The van der Waals surface area contributed by atoms with Crippen LogP contribution in [0.3, 0.4) is 0 Å². The van der Waals surface area contributed by atoms with E-state index in [0.717, 1.165) is 5.56 Å². The van der Waals surface area contributed by atoms with Gasteiger partial charge in [-0.3, -0.25) is 9.69 Å². The quantitative estimate of drug-likeness (QED) is 0.327. The van der Waals surface area contributed by atoms with Gasteiger partial charge in [0.25, 0.3) is 0 Å². The summed E-state index contributed by atoms with van der Waals surface area (Å²) in [6, 6.07) is 15.1. The van der Waals surface area contributed by atoms with Crippen molar-refractivity contribution in [1.82, 2.24) is 4.90 Å². The molecule has 1 N–H and O–H groups in total. The molecular weight excluding hydrogens is 521 g/mol. The first-order chi connectivity index (χ1) is 17.6. The van der Waals surface area contributed by atoms with E-state index < -0.39 is 52.1 Å². The molecule has 1 unspecified atom stereocenters. The minimum Gasteiger partial charge on any atom is -0.606 e. The molecule has 3 aromatic rings. The van der Waals surface area contributed by atoms with Crippen LogP contribution in [-0.2, 0) is 22.5 Å². The highest BCUT2D eigenvalue weighted by Crippen LogP contribution is 2.36. The SMILES string of the molecule is CC(C)C(=O)Nc1c(F)cc(F)c(C2CCN(Cc3ccc([S+]([O-])c4ccc(Cl)cc4)cc3)CC2)c1F. The number of carbonyl (C=O) groups excluding carboxylic acids is 1. The summed E-state index contributed by atoms with van der Waals surface area (Å²) in [4.78, 5) is 15.5. The molecular formula is C28H28ClF3N2O2S. The van der Waals surface area contributed by atoms with Crippen LogP contribution in [0.4, 0.5) is 18.9 Å². The maximum atomic E-state index is 15.2. The third kappa shape index (κ3) is 6.49. The number of rotatable bonds is 7. The lowest BCUT2D eigenvalue weighted by atomic mass is 9.88. The minimum absolute atomic E-state index is 0.172. The molecule has 4 nitrogen and oxygen atoms in total. The first-order valence-electron chi connectivity index (χ1n) is 12.1. The van der Waals surface area contributed by atoms with E-state index in [1.165, 1.54) is 0 Å². The molecule has 1 amide bonds. The van der Waals surface area contributed by atoms with Gasteiger partial charge in [0.05, 0.1) is 0 Å². The Balaban J connectivity index is 1.39. The van der Waals surface area contributed by atoms with E-state index in [0.29, 0.717) is 53.4 Å². The molecule has 1 atom stereocenters. The Morgan fingerprint density at radius 2 is 1.59 bits per heavy atom. The zero-order valence-electron chi connectivity index (χ0n) is 20.6. The topological polar surface area (TPSA) is 55.4 Å². The summed E-state index contributed by atoms with van der Waals surface area (Å²) in [5.74, 6) is -4.51. The van der Waals surface area contributed by atoms with Gasteiger partial charge in [0.15, 0.2) is 21.4 Å². The number of amides is 1. The van der Waals surface area contributed by atoms with Crippen LogP contribution in [0.1, 0.15) is 43.7 Å². The molecule has 1 aliphatic heterocycles. The Morgan fingerprint density at radius 1 is 1.03 bits per heavy atom. The van der Waals surface area contributed by atoms with Gasteiger partial charge in [-0.05, 0) is 73.8 Å². The molecule has 0 aromatic heterocycles. The number of halogens is 4. The van der Waals surface area contributed by atoms with Crippen LogP contribution in [-0.4, -0.2) is 28.4 Å². The van der Waals surface area contributed by atoms with E-state index in [1.54, 1.807) is 38.1 Å². The summed E-state index contributed by atoms with van der Waals surface area (Å²) in [5, 5.41) is 2.84. The Kier molecular flexibility index (Phi) is 8.85. The van der Waals surface area contributed by atoms with Crippen LogP contribution >= 0.6 is 11.6 Å². The van der Waals surface area contributed by atoms with Crippen molar-refractivity contribution in [1.29, 1.82) is 0 Å². The molecule has 0 radical (unpaired) electrons. The van der Waals surface area contributed by atoms with Crippen LogP contribution in [0.25, 0.3) is 0 Å². The van der Waals surface area contributed by atoms with Gasteiger partial charge in [-0.25, -0.2) is 13.2 Å². The number of piperidine rings is 1. The molecule has 9 heteroatoms. The largest absolute Gasteiger partial charge is 0.606 e. The fraction of sp³-hybridized carbons (Fsp3) is 0.321. The second kappa shape index (κ2) is 11.9. The van der Waals surface area contributed by atoms with Crippen molar-refractivity contribution in [2.45, 2.75) is 48.9 Å². The Morgan fingerprint density at radius 3 is 2.16 bits per heavy atom. The van der Waals surface area contributed by atoms with Crippen molar-refractivity contribution < 1.29 is 22.5 Å². The number of benzene rings is 3. The number of hydrogen-bond donors (Lipinski definition) is 1. The van der Waals surface area contributed by atoms with E-state index >= 15 is 4.39 Å². The van der Waals surface area contributed by atoms with Crippen LogP contribution in [0.15, 0.2) is 64.4 Å². The van der Waals surface area contributed by atoms with Crippen molar-refractivity contribution in [3.8, 4) is 0 Å². The van der Waals surface area contributed by atoms with E-state index in [1.807, 2.05) is 24.3 Å². The summed E-state index contributed by atoms with van der Waals surface area (Å²) in [7, 11) is 0. The molecule has 37 heavy (non-hydrogen) atoms. The van der Waals surface area contributed by atoms with Gasteiger partial charge >= 0.3 is 0 Å². The van der Waals surface area contributed by atoms with Crippen LogP contribution < -0.4 is 5.32 Å². The molecule has 0 spiro atoms. The summed E-state index contributed by atoms with van der Waals surface area (Å²) in [5.41, 5.74) is 0.274. The predicted octanol–water partition coefficient (Wildman–Crippen LogP) is 6.90. The molecule has 196 valence electrons. The highest BCUT2D eigenvalue weighted by Gasteiger charge is 2.29. The van der Waals surface area contributed by atoms with Crippen LogP contribution in [0.5, 0.6) is 0 Å². The van der Waals surface area contributed by atoms with Crippen molar-refractivity contribution in [3.63, 3.8) is 0 Å². The molecule has 1 aliphatic rings. The first-order valence-corrected chi connectivity index (χ1v) is 13.6. The molecule has 1 fully saturated rings. The van der Waals surface area contributed by atoms with E-state index in [2.05, 4.69) is 10.2 Å². The minimum atomic E-state index is -1.31. The average Bonchev–Trinajstić information content (AvgIpc) is 2.87. The maximum absolute atomic E-state index is 15.2. The van der Waals surface area contributed by atoms with E-state index in [9.17, 15) is 18.1 Å². The van der Waals surface area contributed by atoms with Crippen molar-refractivity contribution in [3.05, 3.63) is 88.2 Å². The third-order valence-electron chi connectivity index (χ3n) is 6.55. The van der Waals surface area contributed by atoms with Crippen molar-refractivity contribution >= 4 is 34.4 Å². The normalized spacial score (nSPS) is 15.7. The van der Waals surface area contributed by atoms with Crippen molar-refractivity contribution in [2.24, 2.45) is 5.92 Å². The van der Waals surface area contributed by atoms with Gasteiger partial charge in [0, 0.05) is 40.3 Å². The Labute approximate surface area is 223 Å². The second-order valence-corrected chi connectivity index (χ2v) is 11.4. The summed E-state index contributed by atoms with van der Waals surface area (Å²) >= 11 is 4.60. The molecule has 4 rings (SSSR count).